The highest BCUT2D eigenvalue weighted by atomic mass is 35.5. The molecule has 3 aromatic rings. The van der Waals surface area contributed by atoms with Gasteiger partial charge in [-0.15, -0.1) is 0 Å². The number of amides is 2. The molecule has 0 saturated heterocycles. The second-order valence-corrected chi connectivity index (χ2v) is 12.5. The number of carbonyl (C=O) groups is 2. The van der Waals surface area contributed by atoms with Crippen LogP contribution in [0.1, 0.15) is 31.9 Å². The van der Waals surface area contributed by atoms with Crippen molar-refractivity contribution in [1.29, 1.82) is 0 Å². The van der Waals surface area contributed by atoms with Gasteiger partial charge in [-0.3, -0.25) is 13.9 Å². The zero-order valence-corrected chi connectivity index (χ0v) is 25.1. The van der Waals surface area contributed by atoms with Gasteiger partial charge in [0.2, 0.25) is 11.8 Å². The minimum absolute atomic E-state index is 0.00143. The lowest BCUT2D eigenvalue weighted by Gasteiger charge is -2.32. The van der Waals surface area contributed by atoms with Crippen LogP contribution >= 0.6 is 34.8 Å². The number of hydrogen-bond acceptors (Lipinski definition) is 4. The number of rotatable bonds is 10. The first-order valence-electron chi connectivity index (χ1n) is 12.2. The molecule has 7 nitrogen and oxygen atoms in total. The summed E-state index contributed by atoms with van der Waals surface area (Å²) in [6.07, 6.45) is 0. The first kappa shape index (κ1) is 30.8. The Morgan fingerprint density at radius 1 is 0.872 bits per heavy atom. The van der Waals surface area contributed by atoms with Crippen molar-refractivity contribution < 1.29 is 18.0 Å². The van der Waals surface area contributed by atoms with E-state index in [0.29, 0.717) is 20.6 Å². The van der Waals surface area contributed by atoms with Gasteiger partial charge in [0.05, 0.1) is 20.6 Å². The fourth-order valence-electron chi connectivity index (χ4n) is 3.80. The first-order chi connectivity index (χ1) is 18.3. The van der Waals surface area contributed by atoms with Gasteiger partial charge in [-0.05, 0) is 81.8 Å². The fourth-order valence-corrected chi connectivity index (χ4v) is 5.66. The summed E-state index contributed by atoms with van der Waals surface area (Å²) in [4.78, 5) is 28.2. The molecule has 0 unspecified atom stereocenters. The smallest absolute Gasteiger partial charge is 0.264 e. The molecule has 3 aromatic carbocycles. The van der Waals surface area contributed by atoms with Crippen molar-refractivity contribution in [2.75, 3.05) is 10.8 Å². The molecule has 0 heterocycles. The summed E-state index contributed by atoms with van der Waals surface area (Å²) < 4.78 is 28.6. The maximum atomic E-state index is 13.9. The summed E-state index contributed by atoms with van der Waals surface area (Å²) >= 11 is 18.3. The van der Waals surface area contributed by atoms with Crippen LogP contribution < -0.4 is 9.62 Å². The molecule has 3 rings (SSSR count). The lowest BCUT2D eigenvalue weighted by atomic mass is 10.1. The van der Waals surface area contributed by atoms with Crippen LogP contribution in [0.25, 0.3) is 0 Å². The van der Waals surface area contributed by atoms with E-state index < -0.39 is 28.5 Å². The molecule has 0 saturated carbocycles. The molecule has 0 aromatic heterocycles. The van der Waals surface area contributed by atoms with E-state index in [4.69, 9.17) is 34.8 Å². The number of halogens is 3. The van der Waals surface area contributed by atoms with E-state index in [1.807, 2.05) is 20.8 Å². The monoisotopic (exact) mass is 609 g/mol. The largest absolute Gasteiger partial charge is 0.352 e. The van der Waals surface area contributed by atoms with Crippen molar-refractivity contribution in [3.63, 3.8) is 0 Å². The highest BCUT2D eigenvalue weighted by molar-refractivity contribution is 7.92. The molecule has 0 fully saturated rings. The average Bonchev–Trinajstić information content (AvgIpc) is 2.87. The number of carbonyl (C=O) groups excluding carboxylic acids is 2. The Hall–Kier alpha value is -2.78. The van der Waals surface area contributed by atoms with Gasteiger partial charge >= 0.3 is 0 Å². The first-order valence-corrected chi connectivity index (χ1v) is 14.8. The van der Waals surface area contributed by atoms with Crippen LogP contribution in [0.2, 0.25) is 15.1 Å². The molecule has 0 radical (unpaired) electrons. The number of benzene rings is 3. The van der Waals surface area contributed by atoms with Crippen molar-refractivity contribution in [2.45, 2.75) is 51.2 Å². The van der Waals surface area contributed by atoms with Crippen molar-refractivity contribution >= 4 is 62.3 Å². The number of hydrogen-bond donors (Lipinski definition) is 1. The quantitative estimate of drug-likeness (QED) is 0.301. The molecular formula is C28H30Cl3N3O4S. The molecule has 11 heteroatoms. The third-order valence-corrected chi connectivity index (χ3v) is 8.72. The minimum atomic E-state index is -4.16. The van der Waals surface area contributed by atoms with E-state index in [1.165, 1.54) is 29.2 Å². The normalized spacial score (nSPS) is 12.2. The van der Waals surface area contributed by atoms with E-state index in [2.05, 4.69) is 5.32 Å². The molecule has 0 aliphatic heterocycles. The lowest BCUT2D eigenvalue weighted by molar-refractivity contribution is -0.139. The molecular weight excluding hydrogens is 581 g/mol. The predicted octanol–water partition coefficient (Wildman–Crippen LogP) is 6.09. The third kappa shape index (κ3) is 7.88. The SMILES string of the molecule is Cc1ccc(S(=O)(=O)N(CC(=O)N(Cc2ccc(Cl)c(Cl)c2)[C@H](C)C(=O)NC(C)C)c2ccc(Cl)cc2)cc1. The highest BCUT2D eigenvalue weighted by Crippen LogP contribution is 2.27. The summed E-state index contributed by atoms with van der Waals surface area (Å²) in [6, 6.07) is 16.3. The van der Waals surface area contributed by atoms with E-state index in [1.54, 1.807) is 49.4 Å². The van der Waals surface area contributed by atoms with Crippen molar-refractivity contribution in [3.8, 4) is 0 Å². The van der Waals surface area contributed by atoms with Crippen molar-refractivity contribution in [1.82, 2.24) is 10.2 Å². The number of anilines is 1. The Kier molecular flexibility index (Phi) is 10.3. The Balaban J connectivity index is 2.04. The molecule has 1 atom stereocenters. The van der Waals surface area contributed by atoms with Gasteiger partial charge in [0, 0.05) is 17.6 Å². The zero-order valence-electron chi connectivity index (χ0n) is 22.0. The van der Waals surface area contributed by atoms with Crippen LogP contribution in [0.3, 0.4) is 0 Å². The molecule has 0 aliphatic rings. The van der Waals surface area contributed by atoms with Crippen LogP contribution in [0, 0.1) is 6.92 Å². The maximum Gasteiger partial charge on any atom is 0.264 e. The van der Waals surface area contributed by atoms with Gasteiger partial charge in [-0.2, -0.15) is 0 Å². The van der Waals surface area contributed by atoms with Crippen LogP contribution in [0.15, 0.2) is 71.6 Å². The van der Waals surface area contributed by atoms with E-state index >= 15 is 0 Å². The standard InChI is InChI=1S/C28H30Cl3N3O4S/c1-18(2)32-28(36)20(4)33(16-21-7-14-25(30)26(31)15-21)27(35)17-34(23-10-8-22(29)9-11-23)39(37,38)24-12-5-19(3)6-13-24/h5-15,18,20H,16-17H2,1-4H3,(H,32,36)/t20-/m1/s1. The average molecular weight is 611 g/mol. The minimum Gasteiger partial charge on any atom is -0.352 e. The number of nitrogens with one attached hydrogen (secondary N) is 1. The molecule has 208 valence electrons. The number of sulfonamides is 1. The Morgan fingerprint density at radius 3 is 2.05 bits per heavy atom. The van der Waals surface area contributed by atoms with Crippen molar-refractivity contribution in [2.24, 2.45) is 0 Å². The molecule has 0 spiro atoms. The zero-order chi connectivity index (χ0) is 28.9. The van der Waals surface area contributed by atoms with Gasteiger partial charge in [-0.25, -0.2) is 8.42 Å². The van der Waals surface area contributed by atoms with Gasteiger partial charge < -0.3 is 10.2 Å². The predicted molar refractivity (Wildman–Crippen MR) is 157 cm³/mol. The topological polar surface area (TPSA) is 86.8 Å². The second-order valence-electron chi connectivity index (χ2n) is 9.41. The van der Waals surface area contributed by atoms with Crippen LogP contribution in [-0.2, 0) is 26.2 Å². The summed E-state index contributed by atoms with van der Waals surface area (Å²) in [5.74, 6) is -0.962. The Labute approximate surface area is 244 Å². The van der Waals surface area contributed by atoms with E-state index in [0.717, 1.165) is 9.87 Å². The molecule has 0 aliphatic carbocycles. The summed E-state index contributed by atoms with van der Waals surface area (Å²) in [7, 11) is -4.16. The second kappa shape index (κ2) is 13.0. The highest BCUT2D eigenvalue weighted by Gasteiger charge is 2.32. The molecule has 0 bridgehead atoms. The summed E-state index contributed by atoms with van der Waals surface area (Å²) in [5.41, 5.74) is 1.77. The third-order valence-electron chi connectivity index (χ3n) is 5.94. The van der Waals surface area contributed by atoms with Gasteiger partial charge in [0.15, 0.2) is 0 Å². The number of nitrogens with zero attached hydrogens (tertiary/aromatic N) is 2. The lowest BCUT2D eigenvalue weighted by Crippen LogP contribution is -2.52. The molecule has 39 heavy (non-hydrogen) atoms. The fraction of sp³-hybridized carbons (Fsp3) is 0.286. The Bertz CT molecular complexity index is 1430. The summed E-state index contributed by atoms with van der Waals surface area (Å²) in [5, 5.41) is 3.87. The van der Waals surface area contributed by atoms with Crippen molar-refractivity contribution in [3.05, 3.63) is 92.9 Å². The van der Waals surface area contributed by atoms with Gasteiger partial charge in [0.1, 0.15) is 12.6 Å². The van der Waals surface area contributed by atoms with Crippen LogP contribution in [-0.4, -0.2) is 43.8 Å². The number of aryl methyl sites for hydroxylation is 1. The van der Waals surface area contributed by atoms with Crippen LogP contribution in [0.5, 0.6) is 0 Å². The van der Waals surface area contributed by atoms with E-state index in [-0.39, 0.29) is 29.1 Å². The van der Waals surface area contributed by atoms with Crippen LogP contribution in [0.4, 0.5) is 5.69 Å². The molecule has 1 N–H and O–H groups in total. The van der Waals surface area contributed by atoms with E-state index in [9.17, 15) is 18.0 Å². The summed E-state index contributed by atoms with van der Waals surface area (Å²) in [6.45, 7) is 6.51. The maximum absolute atomic E-state index is 13.9. The van der Waals surface area contributed by atoms with Gasteiger partial charge in [-0.1, -0.05) is 58.6 Å². The Morgan fingerprint density at radius 2 is 1.49 bits per heavy atom. The molecule has 2 amide bonds. The van der Waals surface area contributed by atoms with Gasteiger partial charge in [0.25, 0.3) is 10.0 Å².